The molecule has 2 heteroatoms. The molecule has 0 N–H and O–H groups in total. The summed E-state index contributed by atoms with van der Waals surface area (Å²) < 4.78 is 0. The molecule has 0 heterocycles. The Kier molecular flexibility index (Phi) is 5.47. The standard InChI is InChI=1S/C13H22SSi/c1-4-15(5-2,6-3)14-12-13-10-8-7-9-11-13/h7-11H,4-6,12H2,1-3H3. The van der Waals surface area contributed by atoms with E-state index in [-0.39, 0.29) is 0 Å². The Morgan fingerprint density at radius 1 is 0.933 bits per heavy atom. The first-order chi connectivity index (χ1) is 7.26. The summed E-state index contributed by atoms with van der Waals surface area (Å²) in [7, 11) is -0.984. The van der Waals surface area contributed by atoms with E-state index in [1.165, 1.54) is 29.4 Å². The molecule has 0 saturated carbocycles. The van der Waals surface area contributed by atoms with E-state index in [0.717, 1.165) is 0 Å². The first-order valence-corrected chi connectivity index (χ1v) is 10.3. The van der Waals surface area contributed by atoms with Crippen molar-refractivity contribution < 1.29 is 0 Å². The zero-order valence-electron chi connectivity index (χ0n) is 10.1. The second kappa shape index (κ2) is 6.39. The molecule has 0 aromatic heterocycles. The second-order valence-electron chi connectivity index (χ2n) is 4.02. The maximum atomic E-state index is 2.37. The Balaban J connectivity index is 2.54. The van der Waals surface area contributed by atoms with Crippen molar-refractivity contribution in [2.45, 2.75) is 44.7 Å². The zero-order chi connectivity index (χ0) is 11.1. The highest BCUT2D eigenvalue weighted by Gasteiger charge is 2.27. The molecule has 0 radical (unpaired) electrons. The van der Waals surface area contributed by atoms with E-state index in [9.17, 15) is 0 Å². The summed E-state index contributed by atoms with van der Waals surface area (Å²) in [4.78, 5) is 0. The van der Waals surface area contributed by atoms with E-state index in [0.29, 0.717) is 0 Å². The van der Waals surface area contributed by atoms with Gasteiger partial charge in [0.2, 0.25) is 0 Å². The monoisotopic (exact) mass is 238 g/mol. The molecule has 0 aliphatic heterocycles. The Bertz CT molecular complexity index is 259. The van der Waals surface area contributed by atoms with Crippen molar-refractivity contribution in [2.24, 2.45) is 0 Å². The lowest BCUT2D eigenvalue weighted by Gasteiger charge is -2.27. The van der Waals surface area contributed by atoms with Crippen LogP contribution in [0.4, 0.5) is 0 Å². The van der Waals surface area contributed by atoms with Crippen molar-refractivity contribution in [3.8, 4) is 0 Å². The molecular formula is C13H22SSi. The molecule has 0 spiro atoms. The summed E-state index contributed by atoms with van der Waals surface area (Å²) >= 11 is 2.26. The summed E-state index contributed by atoms with van der Waals surface area (Å²) in [5, 5.41) is 0. The molecule has 0 nitrogen and oxygen atoms in total. The van der Waals surface area contributed by atoms with E-state index in [4.69, 9.17) is 0 Å². The predicted molar refractivity (Wildman–Crippen MR) is 74.9 cm³/mol. The van der Waals surface area contributed by atoms with Crippen LogP contribution in [0.2, 0.25) is 18.1 Å². The van der Waals surface area contributed by atoms with Gasteiger partial charge in [0.25, 0.3) is 0 Å². The SMILES string of the molecule is CC[Si](CC)(CC)SCc1ccccc1. The maximum Gasteiger partial charge on any atom is 0.117 e. The van der Waals surface area contributed by atoms with Crippen LogP contribution in [0.1, 0.15) is 26.3 Å². The average molecular weight is 238 g/mol. The summed E-state index contributed by atoms with van der Waals surface area (Å²) in [6.45, 7) is 7.12. The molecule has 15 heavy (non-hydrogen) atoms. The van der Waals surface area contributed by atoms with Crippen molar-refractivity contribution in [3.05, 3.63) is 35.9 Å². The van der Waals surface area contributed by atoms with Gasteiger partial charge < -0.3 is 0 Å². The molecule has 1 rings (SSSR count). The summed E-state index contributed by atoms with van der Waals surface area (Å²) in [5.74, 6) is 1.21. The first kappa shape index (κ1) is 12.9. The molecule has 0 atom stereocenters. The lowest BCUT2D eigenvalue weighted by Crippen LogP contribution is -2.27. The van der Waals surface area contributed by atoms with Gasteiger partial charge in [0, 0.05) is 5.75 Å². The van der Waals surface area contributed by atoms with Gasteiger partial charge in [-0.25, -0.2) is 0 Å². The predicted octanol–water partition coefficient (Wildman–Crippen LogP) is 4.93. The lowest BCUT2D eigenvalue weighted by atomic mass is 10.2. The van der Waals surface area contributed by atoms with E-state index in [1.807, 2.05) is 0 Å². The van der Waals surface area contributed by atoms with Gasteiger partial charge in [0.15, 0.2) is 0 Å². The minimum atomic E-state index is -0.984. The third-order valence-corrected chi connectivity index (χ3v) is 13.1. The molecule has 0 aliphatic carbocycles. The van der Waals surface area contributed by atoms with Gasteiger partial charge in [-0.15, -0.1) is 0 Å². The molecule has 0 saturated heterocycles. The summed E-state index contributed by atoms with van der Waals surface area (Å²) in [6.07, 6.45) is 0. The van der Waals surface area contributed by atoms with E-state index >= 15 is 0 Å². The Hall–Kier alpha value is -0.213. The van der Waals surface area contributed by atoms with Gasteiger partial charge in [-0.3, -0.25) is 0 Å². The zero-order valence-corrected chi connectivity index (χ0v) is 11.9. The maximum absolute atomic E-state index is 2.37. The molecular weight excluding hydrogens is 216 g/mol. The van der Waals surface area contributed by atoms with Crippen molar-refractivity contribution >= 4 is 18.4 Å². The molecule has 1 aromatic carbocycles. The van der Waals surface area contributed by atoms with Crippen molar-refractivity contribution in [2.75, 3.05) is 0 Å². The first-order valence-electron chi connectivity index (χ1n) is 5.94. The van der Waals surface area contributed by atoms with Crippen LogP contribution in [0.5, 0.6) is 0 Å². The van der Waals surface area contributed by atoms with Gasteiger partial charge in [0.1, 0.15) is 7.22 Å². The van der Waals surface area contributed by atoms with Gasteiger partial charge in [-0.2, -0.15) is 11.2 Å². The molecule has 0 bridgehead atoms. The van der Waals surface area contributed by atoms with Crippen LogP contribution in [0.3, 0.4) is 0 Å². The fourth-order valence-corrected chi connectivity index (χ4v) is 7.90. The van der Waals surface area contributed by atoms with Crippen molar-refractivity contribution in [3.63, 3.8) is 0 Å². The van der Waals surface area contributed by atoms with E-state index in [2.05, 4.69) is 62.3 Å². The van der Waals surface area contributed by atoms with Crippen molar-refractivity contribution in [1.29, 1.82) is 0 Å². The molecule has 1 aromatic rings. The van der Waals surface area contributed by atoms with Crippen LogP contribution in [-0.2, 0) is 5.75 Å². The van der Waals surface area contributed by atoms with Crippen LogP contribution in [0.15, 0.2) is 30.3 Å². The summed E-state index contributed by atoms with van der Waals surface area (Å²) in [6, 6.07) is 15.1. The minimum absolute atomic E-state index is 0.984. The highest BCUT2D eigenvalue weighted by molar-refractivity contribution is 8.28. The highest BCUT2D eigenvalue weighted by Crippen LogP contribution is 2.34. The topological polar surface area (TPSA) is 0 Å². The van der Waals surface area contributed by atoms with E-state index < -0.39 is 7.22 Å². The molecule has 0 unspecified atom stereocenters. The van der Waals surface area contributed by atoms with Crippen LogP contribution in [0, 0.1) is 0 Å². The molecule has 0 fully saturated rings. The highest BCUT2D eigenvalue weighted by atomic mass is 32.4. The Morgan fingerprint density at radius 2 is 1.47 bits per heavy atom. The van der Waals surface area contributed by atoms with E-state index in [1.54, 1.807) is 0 Å². The third kappa shape index (κ3) is 3.69. The van der Waals surface area contributed by atoms with Gasteiger partial charge in [0.05, 0.1) is 0 Å². The average Bonchev–Trinajstić information content (AvgIpc) is 2.33. The van der Waals surface area contributed by atoms with Crippen LogP contribution >= 0.6 is 11.2 Å². The van der Waals surface area contributed by atoms with Crippen LogP contribution in [-0.4, -0.2) is 7.22 Å². The number of benzene rings is 1. The number of hydrogen-bond acceptors (Lipinski definition) is 1. The van der Waals surface area contributed by atoms with Crippen LogP contribution < -0.4 is 0 Å². The van der Waals surface area contributed by atoms with Crippen molar-refractivity contribution in [1.82, 2.24) is 0 Å². The lowest BCUT2D eigenvalue weighted by molar-refractivity contribution is 1.22. The number of hydrogen-bond donors (Lipinski definition) is 0. The normalized spacial score (nSPS) is 11.7. The molecule has 0 aliphatic rings. The second-order valence-corrected chi connectivity index (χ2v) is 12.5. The number of rotatable bonds is 6. The molecule has 0 amide bonds. The molecule has 84 valence electrons. The van der Waals surface area contributed by atoms with Crippen LogP contribution in [0.25, 0.3) is 0 Å². The summed E-state index contributed by atoms with van der Waals surface area (Å²) in [5.41, 5.74) is 1.48. The minimum Gasteiger partial charge on any atom is -0.180 e. The fraction of sp³-hybridized carbons (Fsp3) is 0.538. The van der Waals surface area contributed by atoms with Gasteiger partial charge in [-0.05, 0) is 5.56 Å². The quantitative estimate of drug-likeness (QED) is 0.634. The largest absolute Gasteiger partial charge is 0.180 e. The fourth-order valence-electron chi connectivity index (χ4n) is 1.87. The third-order valence-electron chi connectivity index (χ3n) is 3.32. The Morgan fingerprint density at radius 3 is 1.93 bits per heavy atom. The van der Waals surface area contributed by atoms with Gasteiger partial charge in [-0.1, -0.05) is 69.2 Å². The Labute approximate surface area is 99.1 Å². The van der Waals surface area contributed by atoms with Gasteiger partial charge >= 0.3 is 0 Å². The smallest absolute Gasteiger partial charge is 0.117 e.